The summed E-state index contributed by atoms with van der Waals surface area (Å²) in [5, 5.41) is 79.3. The van der Waals surface area contributed by atoms with E-state index < -0.39 is 5.91 Å². The molecule has 15 aromatic carbocycles. The highest BCUT2D eigenvalue weighted by molar-refractivity contribution is 6.25. The van der Waals surface area contributed by atoms with Crippen LogP contribution in [-0.4, -0.2) is 49.0 Å². The lowest BCUT2D eigenvalue weighted by Crippen LogP contribution is -2.16. The Hall–Kier alpha value is -15.1. The normalized spacial score (nSPS) is 11.9. The van der Waals surface area contributed by atoms with Crippen molar-refractivity contribution in [2.45, 2.75) is 40.0 Å². The number of aromatic amines is 3. The predicted molar refractivity (Wildman–Crippen MR) is 450 cm³/mol. The number of anilines is 8. The highest BCUT2D eigenvalue weighted by Gasteiger charge is 2.28. The van der Waals surface area contributed by atoms with Crippen LogP contribution in [0.1, 0.15) is 47.8 Å². The zero-order valence-corrected chi connectivity index (χ0v) is 60.8. The van der Waals surface area contributed by atoms with Crippen molar-refractivity contribution >= 4 is 196 Å². The van der Waals surface area contributed by atoms with Crippen LogP contribution in [0.5, 0.6) is 17.2 Å². The zero-order chi connectivity index (χ0) is 76.3. The molecule has 112 heavy (non-hydrogen) atoms. The Bertz CT molecular complexity index is 6670. The van der Waals surface area contributed by atoms with Crippen LogP contribution in [0, 0.1) is 0 Å². The Morgan fingerprint density at radius 1 is 0.357 bits per heavy atom. The molecule has 0 saturated carbocycles. The molecule has 0 saturated heterocycles. The molecule has 19 nitrogen and oxygen atoms in total. The van der Waals surface area contributed by atoms with E-state index in [1.807, 2.05) is 280 Å². The molecule has 18 aromatic rings. The van der Waals surface area contributed by atoms with Crippen LogP contribution >= 0.6 is 0 Å². The average Bonchev–Trinajstić information content (AvgIpc) is 1.53. The fraction of sp³-hybridized carbons (Fsp3) is 0.0645. The second-order valence-corrected chi connectivity index (χ2v) is 27.4. The number of aromatic hydroxyl groups is 3. The molecule has 0 atom stereocenters. The summed E-state index contributed by atoms with van der Waals surface area (Å²) in [6.07, 6.45) is 3.38. The van der Waals surface area contributed by atoms with Crippen molar-refractivity contribution in [3.05, 3.63) is 295 Å². The van der Waals surface area contributed by atoms with E-state index in [0.29, 0.717) is 105 Å². The molecule has 0 radical (unpaired) electrons. The molecule has 0 aliphatic rings. The summed E-state index contributed by atoms with van der Waals surface area (Å²) in [6.45, 7) is 6.05. The van der Waals surface area contributed by atoms with Gasteiger partial charge in [-0.3, -0.25) is 24.2 Å². The lowest BCUT2D eigenvalue weighted by atomic mass is 10.00. The van der Waals surface area contributed by atoms with Gasteiger partial charge in [-0.05, 0) is 180 Å². The van der Waals surface area contributed by atoms with Gasteiger partial charge in [0.2, 0.25) is 12.8 Å². The lowest BCUT2D eigenvalue weighted by Gasteiger charge is -2.25. The van der Waals surface area contributed by atoms with Gasteiger partial charge in [-0.2, -0.15) is 15.3 Å². The van der Waals surface area contributed by atoms with Crippen molar-refractivity contribution in [2.75, 3.05) is 20.0 Å². The molecule has 0 unspecified atom stereocenters. The molecular formula is C93H69N13O6. The number of rotatable bonds is 20. The number of aryl methyl sites for hydroxylation is 3. The first-order chi connectivity index (χ1) is 55.0. The third-order valence-electron chi connectivity index (χ3n) is 21.2. The number of azo groups is 3. The Morgan fingerprint density at radius 2 is 0.696 bits per heavy atom. The lowest BCUT2D eigenvalue weighted by molar-refractivity contribution is -0.107. The van der Waals surface area contributed by atoms with Gasteiger partial charge in [-0.15, -0.1) is 15.3 Å². The van der Waals surface area contributed by atoms with Crippen LogP contribution in [0.3, 0.4) is 0 Å². The fourth-order valence-corrected chi connectivity index (χ4v) is 15.6. The number of carbonyl (C=O) groups is 3. The third-order valence-corrected chi connectivity index (χ3v) is 21.2. The Labute approximate surface area is 640 Å². The average molecular weight is 1460 g/mol. The first kappa shape index (κ1) is 68.7. The fourth-order valence-electron chi connectivity index (χ4n) is 15.6. The van der Waals surface area contributed by atoms with Crippen molar-refractivity contribution in [3.63, 3.8) is 0 Å². The Kier molecular flexibility index (Phi) is 17.5. The molecule has 3 amide bonds. The minimum atomic E-state index is -0.506. The van der Waals surface area contributed by atoms with Gasteiger partial charge in [0.25, 0.3) is 5.91 Å². The molecule has 0 spiro atoms. The quantitative estimate of drug-likeness (QED) is 0.0287. The van der Waals surface area contributed by atoms with E-state index in [1.165, 1.54) is 9.80 Å². The molecular weight excluding hydrogens is 1400 g/mol. The highest BCUT2D eigenvalue weighted by Crippen LogP contribution is 2.52. The summed E-state index contributed by atoms with van der Waals surface area (Å²) >= 11 is 0. The van der Waals surface area contributed by atoms with Gasteiger partial charge in [0.05, 0.1) is 61.9 Å². The van der Waals surface area contributed by atoms with E-state index in [-0.39, 0.29) is 51.2 Å². The number of hydrogen-bond acceptors (Lipinski definition) is 13. The van der Waals surface area contributed by atoms with Gasteiger partial charge < -0.3 is 40.5 Å². The number of carbonyl (C=O) groups excluding carboxylic acids is 3. The number of amides is 3. The number of nitrogens with one attached hydrogen (secondary N) is 4. The Balaban J connectivity index is 0.744. The van der Waals surface area contributed by atoms with Crippen LogP contribution < -0.4 is 20.0 Å². The summed E-state index contributed by atoms with van der Waals surface area (Å²) in [4.78, 5) is 56.5. The van der Waals surface area contributed by atoms with E-state index in [4.69, 9.17) is 30.7 Å². The van der Waals surface area contributed by atoms with Crippen molar-refractivity contribution < 1.29 is 29.7 Å². The van der Waals surface area contributed by atoms with E-state index in [1.54, 1.807) is 18.2 Å². The molecule has 0 aliphatic heterocycles. The van der Waals surface area contributed by atoms with E-state index in [0.717, 1.165) is 92.9 Å². The molecule has 18 rings (SSSR count). The SMILES string of the molecule is CCc1ccccc1NC(=O)c1cc2ccc3c4ccccc4[nH]c3c2c(N=Nc2ccc(N(c3ccc(N=Nc4c(O)c(N(C=O)c5ccccc5CC)cc5ccc6c7ccccc7[nH]c6c45)cc3)c3ccc(N=Nc4c(O)c(N(C=O)c5ccccc5CC)cc5ccc6c7ccccc7[nH]c6c45)cc3)cc2)c1O. The maximum Gasteiger partial charge on any atom is 0.259 e. The first-order valence-electron chi connectivity index (χ1n) is 36.9. The van der Waals surface area contributed by atoms with Crippen molar-refractivity contribution in [3.8, 4) is 17.2 Å². The molecule has 7 N–H and O–H groups in total. The number of nitrogens with zero attached hydrogens (tertiary/aromatic N) is 9. The highest BCUT2D eigenvalue weighted by atomic mass is 16.3. The first-order valence-corrected chi connectivity index (χ1v) is 36.9. The number of para-hydroxylation sites is 6. The number of fused-ring (bicyclic) bond motifs is 15. The van der Waals surface area contributed by atoms with Gasteiger partial charge in [0.15, 0.2) is 17.2 Å². The smallest absolute Gasteiger partial charge is 0.259 e. The van der Waals surface area contributed by atoms with Crippen LogP contribution in [0.2, 0.25) is 0 Å². The molecule has 3 heterocycles. The molecule has 19 heteroatoms. The van der Waals surface area contributed by atoms with Crippen LogP contribution in [0.25, 0.3) is 97.7 Å². The number of H-pyrrole nitrogens is 3. The number of benzene rings is 15. The van der Waals surface area contributed by atoms with E-state index in [2.05, 4.69) is 20.3 Å². The molecule has 0 aliphatic carbocycles. The number of phenolic OH excluding ortho intramolecular Hbond substituents is 3. The van der Waals surface area contributed by atoms with Crippen molar-refractivity contribution in [1.29, 1.82) is 0 Å². The van der Waals surface area contributed by atoms with Gasteiger partial charge >= 0.3 is 0 Å². The molecule has 3 aromatic heterocycles. The molecule has 0 bridgehead atoms. The minimum Gasteiger partial charge on any atom is -0.505 e. The largest absolute Gasteiger partial charge is 0.505 e. The zero-order valence-electron chi connectivity index (χ0n) is 60.8. The van der Waals surface area contributed by atoms with E-state index in [9.17, 15) is 29.7 Å². The topological polar surface area (TPSA) is 255 Å². The van der Waals surface area contributed by atoms with Gasteiger partial charge in [0, 0.05) is 87.8 Å². The third kappa shape index (κ3) is 11.9. The van der Waals surface area contributed by atoms with E-state index >= 15 is 0 Å². The van der Waals surface area contributed by atoms with Gasteiger partial charge in [-0.25, -0.2) is 0 Å². The maximum atomic E-state index is 14.4. The number of phenols is 3. The number of hydrogen-bond donors (Lipinski definition) is 7. The summed E-state index contributed by atoms with van der Waals surface area (Å²) in [6, 6.07) is 86.3. The standard InChI is InChI=1S/C93H69N13O6/c1-4-54-19-7-13-25-73(54)97-93(112)72-49-57-31-46-69-66-22-10-14-26-74(66)94-84(69)81(57)87(90(72)109)101-98-60-34-40-63(41-35-60)106(64-42-36-61(37-43-64)99-102-88-82-58(32-47-70-67-23-11-15-27-75(67)95-85(70)82)50-79(91(88)110)104(52-107)77-29-17-8-20-55(77)5-2)65-44-38-62(39-45-65)100-103-89-83-59(33-48-71-68-24-12-16-28-76(68)96-86(71)83)51-80(92(89)111)105(53-108)78-30-18-9-21-56(78)6-3/h7-53,94-96,109-111H,4-6H2,1-3H3,(H,97,112). The van der Waals surface area contributed by atoms with Gasteiger partial charge in [0.1, 0.15) is 17.1 Å². The molecule has 542 valence electrons. The van der Waals surface area contributed by atoms with Crippen LogP contribution in [0.15, 0.2) is 304 Å². The maximum absolute atomic E-state index is 14.4. The second-order valence-electron chi connectivity index (χ2n) is 27.4. The summed E-state index contributed by atoms with van der Waals surface area (Å²) < 4.78 is 0. The van der Waals surface area contributed by atoms with Crippen molar-refractivity contribution in [2.24, 2.45) is 30.7 Å². The summed E-state index contributed by atoms with van der Waals surface area (Å²) in [7, 11) is 0. The number of aromatic nitrogens is 3. The Morgan fingerprint density at radius 3 is 1.08 bits per heavy atom. The van der Waals surface area contributed by atoms with Crippen LogP contribution in [-0.2, 0) is 28.9 Å². The van der Waals surface area contributed by atoms with Gasteiger partial charge in [-0.1, -0.05) is 166 Å². The summed E-state index contributed by atoms with van der Waals surface area (Å²) in [5.74, 6) is -1.32. The second kappa shape index (κ2) is 28.6. The van der Waals surface area contributed by atoms with Crippen molar-refractivity contribution in [1.82, 2.24) is 15.0 Å². The predicted octanol–water partition coefficient (Wildman–Crippen LogP) is 25.4. The monoisotopic (exact) mass is 1460 g/mol. The summed E-state index contributed by atoms with van der Waals surface area (Å²) in [5.41, 5.74) is 13.9. The van der Waals surface area contributed by atoms with Crippen LogP contribution in [0.4, 0.5) is 79.6 Å². The minimum absolute atomic E-state index is 0.0273. The molecule has 0 fully saturated rings.